The second-order valence-electron chi connectivity index (χ2n) is 3.84. The minimum atomic E-state index is -1.26. The van der Waals surface area contributed by atoms with Crippen molar-refractivity contribution in [3.05, 3.63) is 47.8 Å². The maximum absolute atomic E-state index is 12.7. The van der Waals surface area contributed by atoms with Crippen LogP contribution >= 0.6 is 0 Å². The van der Waals surface area contributed by atoms with Crippen molar-refractivity contribution in [2.24, 2.45) is 7.05 Å². The van der Waals surface area contributed by atoms with E-state index < -0.39 is 11.4 Å². The summed E-state index contributed by atoms with van der Waals surface area (Å²) >= 11 is 0. The molecule has 2 aromatic rings. The zero-order valence-corrected chi connectivity index (χ0v) is 9.05. The third kappa shape index (κ3) is 1.81. The van der Waals surface area contributed by atoms with E-state index in [0.29, 0.717) is 11.3 Å². The van der Waals surface area contributed by atoms with Crippen molar-refractivity contribution in [1.82, 2.24) is 14.8 Å². The van der Waals surface area contributed by atoms with Gasteiger partial charge in [0.25, 0.3) is 0 Å². The van der Waals surface area contributed by atoms with Gasteiger partial charge in [-0.05, 0) is 19.1 Å². The molecule has 0 saturated carbocycles. The summed E-state index contributed by atoms with van der Waals surface area (Å²) < 4.78 is 14.3. The minimum absolute atomic E-state index is 0.391. The lowest BCUT2D eigenvalue weighted by Crippen LogP contribution is -2.23. The van der Waals surface area contributed by atoms with Gasteiger partial charge in [0.2, 0.25) is 0 Å². The van der Waals surface area contributed by atoms with E-state index in [1.54, 1.807) is 31.0 Å². The average molecular weight is 221 g/mol. The van der Waals surface area contributed by atoms with Crippen LogP contribution in [0.15, 0.2) is 30.7 Å². The molecular weight excluding hydrogens is 209 g/mol. The molecule has 2 rings (SSSR count). The molecule has 4 nitrogen and oxygen atoms in total. The molecule has 5 heteroatoms. The quantitative estimate of drug-likeness (QED) is 0.829. The van der Waals surface area contributed by atoms with Crippen LogP contribution in [0.5, 0.6) is 0 Å². The number of rotatable bonds is 2. The molecule has 0 spiro atoms. The molecule has 0 amide bonds. The lowest BCUT2D eigenvalue weighted by Gasteiger charge is -2.20. The lowest BCUT2D eigenvalue weighted by molar-refractivity contribution is 0.0972. The third-order valence-electron chi connectivity index (χ3n) is 2.49. The monoisotopic (exact) mass is 221 g/mol. The Morgan fingerprint density at radius 2 is 2.12 bits per heavy atom. The number of aliphatic hydroxyl groups is 1. The van der Waals surface area contributed by atoms with Gasteiger partial charge in [-0.3, -0.25) is 9.67 Å². The van der Waals surface area contributed by atoms with Gasteiger partial charge in [-0.1, -0.05) is 0 Å². The maximum atomic E-state index is 12.7. The molecular formula is C11H12FN3O. The van der Waals surface area contributed by atoms with Crippen LogP contribution in [0.3, 0.4) is 0 Å². The Labute approximate surface area is 92.4 Å². The fourth-order valence-corrected chi connectivity index (χ4v) is 1.48. The highest BCUT2D eigenvalue weighted by atomic mass is 19.1. The number of hydrogen-bond acceptors (Lipinski definition) is 3. The van der Waals surface area contributed by atoms with E-state index in [1.165, 1.54) is 12.1 Å². The molecule has 0 aromatic carbocycles. The van der Waals surface area contributed by atoms with Crippen LogP contribution < -0.4 is 0 Å². The fraction of sp³-hybridized carbons (Fsp3) is 0.273. The Kier molecular flexibility index (Phi) is 2.47. The SMILES string of the molecule is Cn1cc(C(C)(O)c2ccc(F)cn2)cn1. The van der Waals surface area contributed by atoms with Gasteiger partial charge in [0.15, 0.2) is 0 Å². The molecule has 1 unspecified atom stereocenters. The number of hydrogen-bond donors (Lipinski definition) is 1. The summed E-state index contributed by atoms with van der Waals surface area (Å²) in [6, 6.07) is 2.73. The average Bonchev–Trinajstić information content (AvgIpc) is 2.66. The standard InChI is InChI=1S/C11H12FN3O/c1-11(16,8-5-14-15(2)7-8)10-4-3-9(12)6-13-10/h3-7,16H,1-2H3. The number of halogens is 1. The summed E-state index contributed by atoms with van der Waals surface area (Å²) in [6.45, 7) is 1.60. The zero-order valence-electron chi connectivity index (χ0n) is 9.05. The Hall–Kier alpha value is -1.75. The molecule has 0 saturated heterocycles. The van der Waals surface area contributed by atoms with Gasteiger partial charge >= 0.3 is 0 Å². The van der Waals surface area contributed by atoms with Crippen LogP contribution in [-0.4, -0.2) is 19.9 Å². The molecule has 84 valence electrons. The van der Waals surface area contributed by atoms with Crippen LogP contribution in [0.4, 0.5) is 4.39 Å². The highest BCUT2D eigenvalue weighted by molar-refractivity contribution is 5.27. The zero-order chi connectivity index (χ0) is 11.8. The van der Waals surface area contributed by atoms with Gasteiger partial charge in [0, 0.05) is 18.8 Å². The van der Waals surface area contributed by atoms with E-state index >= 15 is 0 Å². The summed E-state index contributed by atoms with van der Waals surface area (Å²) in [4.78, 5) is 3.87. The van der Waals surface area contributed by atoms with Crippen LogP contribution in [0, 0.1) is 5.82 Å². The van der Waals surface area contributed by atoms with Crippen LogP contribution in [0.2, 0.25) is 0 Å². The molecule has 0 bridgehead atoms. The molecule has 0 radical (unpaired) electrons. The molecule has 1 atom stereocenters. The second-order valence-corrected chi connectivity index (χ2v) is 3.84. The third-order valence-corrected chi connectivity index (χ3v) is 2.49. The lowest BCUT2D eigenvalue weighted by atomic mass is 9.95. The Morgan fingerprint density at radius 3 is 2.62 bits per heavy atom. The molecule has 2 heterocycles. The van der Waals surface area contributed by atoms with Crippen molar-refractivity contribution in [3.8, 4) is 0 Å². The predicted molar refractivity (Wildman–Crippen MR) is 56.1 cm³/mol. The van der Waals surface area contributed by atoms with Crippen molar-refractivity contribution in [2.75, 3.05) is 0 Å². The van der Waals surface area contributed by atoms with E-state index in [0.717, 1.165) is 6.20 Å². The van der Waals surface area contributed by atoms with Crippen LogP contribution in [0.25, 0.3) is 0 Å². The van der Waals surface area contributed by atoms with E-state index in [-0.39, 0.29) is 0 Å². The first kappa shape index (κ1) is 10.8. The minimum Gasteiger partial charge on any atom is -0.379 e. The smallest absolute Gasteiger partial charge is 0.141 e. The summed E-state index contributed by atoms with van der Waals surface area (Å²) in [7, 11) is 1.76. The summed E-state index contributed by atoms with van der Waals surface area (Å²) in [5, 5.41) is 14.3. The molecule has 0 aliphatic carbocycles. The maximum Gasteiger partial charge on any atom is 0.141 e. The fourth-order valence-electron chi connectivity index (χ4n) is 1.48. The van der Waals surface area contributed by atoms with E-state index in [1.807, 2.05) is 0 Å². The van der Waals surface area contributed by atoms with E-state index in [9.17, 15) is 9.50 Å². The molecule has 0 aliphatic heterocycles. The van der Waals surface area contributed by atoms with Crippen molar-refractivity contribution in [3.63, 3.8) is 0 Å². The number of nitrogens with zero attached hydrogens (tertiary/aromatic N) is 3. The molecule has 2 aromatic heterocycles. The van der Waals surface area contributed by atoms with Gasteiger partial charge in [-0.15, -0.1) is 0 Å². The number of pyridine rings is 1. The number of aromatic nitrogens is 3. The largest absolute Gasteiger partial charge is 0.379 e. The van der Waals surface area contributed by atoms with Gasteiger partial charge in [-0.25, -0.2) is 4.39 Å². The second kappa shape index (κ2) is 3.68. The van der Waals surface area contributed by atoms with Gasteiger partial charge in [0.1, 0.15) is 11.4 Å². The first-order valence-electron chi connectivity index (χ1n) is 4.83. The summed E-state index contributed by atoms with van der Waals surface area (Å²) in [5.41, 5.74) is -0.252. The Bertz CT molecular complexity index is 490. The first-order chi connectivity index (χ1) is 7.50. The highest BCUT2D eigenvalue weighted by Crippen LogP contribution is 2.26. The summed E-state index contributed by atoms with van der Waals surface area (Å²) in [5.74, 6) is -0.425. The van der Waals surface area contributed by atoms with Crippen LogP contribution in [-0.2, 0) is 12.6 Å². The first-order valence-corrected chi connectivity index (χ1v) is 4.83. The predicted octanol–water partition coefficient (Wildman–Crippen LogP) is 1.21. The highest BCUT2D eigenvalue weighted by Gasteiger charge is 2.28. The van der Waals surface area contributed by atoms with E-state index in [4.69, 9.17) is 0 Å². The molecule has 16 heavy (non-hydrogen) atoms. The molecule has 1 N–H and O–H groups in total. The van der Waals surface area contributed by atoms with Gasteiger partial charge < -0.3 is 5.11 Å². The van der Waals surface area contributed by atoms with E-state index in [2.05, 4.69) is 10.1 Å². The van der Waals surface area contributed by atoms with Crippen molar-refractivity contribution >= 4 is 0 Å². The molecule has 0 aliphatic rings. The summed E-state index contributed by atoms with van der Waals surface area (Å²) in [6.07, 6.45) is 4.34. The Balaban J connectivity index is 2.42. The molecule has 0 fully saturated rings. The van der Waals surface area contributed by atoms with Crippen molar-refractivity contribution in [2.45, 2.75) is 12.5 Å². The normalized spacial score (nSPS) is 14.8. The van der Waals surface area contributed by atoms with Gasteiger partial charge in [0.05, 0.1) is 18.1 Å². The number of aryl methyl sites for hydroxylation is 1. The van der Waals surface area contributed by atoms with Crippen molar-refractivity contribution in [1.29, 1.82) is 0 Å². The van der Waals surface area contributed by atoms with Crippen LogP contribution in [0.1, 0.15) is 18.2 Å². The van der Waals surface area contributed by atoms with Gasteiger partial charge in [-0.2, -0.15) is 5.10 Å². The topological polar surface area (TPSA) is 50.9 Å². The Morgan fingerprint density at radius 1 is 1.38 bits per heavy atom. The van der Waals surface area contributed by atoms with Crippen molar-refractivity contribution < 1.29 is 9.50 Å².